The van der Waals surface area contributed by atoms with Gasteiger partial charge in [-0.15, -0.1) is 0 Å². The number of thioether (sulfide) groups is 1. The van der Waals surface area contributed by atoms with Gasteiger partial charge in [0.25, 0.3) is 0 Å². The molecule has 2 N–H and O–H groups in total. The molecule has 2 aliphatic rings. The number of epoxide rings is 1. The topological polar surface area (TPSA) is 62.2 Å². The summed E-state index contributed by atoms with van der Waals surface area (Å²) in [5, 5.41) is 23.5. The van der Waals surface area contributed by atoms with E-state index in [0.29, 0.717) is 24.3 Å². The fraction of sp³-hybridized carbons (Fsp3) is 0.667. The van der Waals surface area contributed by atoms with Crippen molar-refractivity contribution >= 4 is 23.4 Å². The molecule has 6 heteroatoms. The molecule has 3 rings (SSSR count). The SMILES string of the molecule is COC1C(O)CCC(O)(C(Cc2ccc(Cl)cc2)SC)C1C1(C)OC1CC=C(C)C. The van der Waals surface area contributed by atoms with Crippen LogP contribution in [0.1, 0.15) is 45.6 Å². The molecule has 0 aromatic heterocycles. The first-order valence-electron chi connectivity index (χ1n) is 10.7. The highest BCUT2D eigenvalue weighted by atomic mass is 35.5. The van der Waals surface area contributed by atoms with Gasteiger partial charge in [-0.25, -0.2) is 0 Å². The maximum absolute atomic E-state index is 12.2. The van der Waals surface area contributed by atoms with Crippen LogP contribution in [0.5, 0.6) is 0 Å². The molecule has 1 aromatic carbocycles. The quantitative estimate of drug-likeness (QED) is 0.442. The van der Waals surface area contributed by atoms with Crippen molar-refractivity contribution in [3.8, 4) is 0 Å². The number of hydrogen-bond acceptors (Lipinski definition) is 5. The van der Waals surface area contributed by atoms with Gasteiger partial charge in [-0.1, -0.05) is 35.4 Å². The van der Waals surface area contributed by atoms with Crippen LogP contribution in [0.4, 0.5) is 0 Å². The molecule has 30 heavy (non-hydrogen) atoms. The Morgan fingerprint density at radius 2 is 2.03 bits per heavy atom. The Kier molecular flexibility index (Phi) is 7.64. The standard InChI is InChI=1S/C24H35ClO4S/c1-15(2)6-11-19-23(3,29-19)22-21(28-4)18(26)12-13-24(22,27)20(30-5)14-16-7-9-17(25)10-8-16/h6-10,18-22,26-27H,11-14H2,1-5H3. The van der Waals surface area contributed by atoms with Crippen LogP contribution in [-0.2, 0) is 15.9 Å². The number of allylic oxidation sites excluding steroid dienone is 1. The molecular formula is C24H35ClO4S. The summed E-state index contributed by atoms with van der Waals surface area (Å²) >= 11 is 7.72. The van der Waals surface area contributed by atoms with E-state index >= 15 is 0 Å². The maximum Gasteiger partial charge on any atom is 0.100 e. The van der Waals surface area contributed by atoms with E-state index in [-0.39, 0.29) is 17.3 Å². The minimum Gasteiger partial charge on any atom is -0.390 e. The zero-order valence-electron chi connectivity index (χ0n) is 18.6. The molecule has 168 valence electrons. The van der Waals surface area contributed by atoms with Crippen LogP contribution in [0.15, 0.2) is 35.9 Å². The number of ether oxygens (including phenoxy) is 2. The fourth-order valence-electron chi connectivity index (χ4n) is 5.15. The van der Waals surface area contributed by atoms with Gasteiger partial charge in [0.1, 0.15) is 5.60 Å². The molecule has 2 fully saturated rings. The van der Waals surface area contributed by atoms with Gasteiger partial charge in [0.15, 0.2) is 0 Å². The summed E-state index contributed by atoms with van der Waals surface area (Å²) in [7, 11) is 1.62. The largest absolute Gasteiger partial charge is 0.390 e. The lowest BCUT2D eigenvalue weighted by Gasteiger charge is -2.51. The summed E-state index contributed by atoms with van der Waals surface area (Å²) in [6.07, 6.45) is 5.71. The minimum absolute atomic E-state index is 0.0184. The molecule has 1 heterocycles. The summed E-state index contributed by atoms with van der Waals surface area (Å²) in [5.74, 6) is -0.320. The van der Waals surface area contributed by atoms with Gasteiger partial charge < -0.3 is 19.7 Å². The Morgan fingerprint density at radius 1 is 1.37 bits per heavy atom. The van der Waals surface area contributed by atoms with E-state index in [9.17, 15) is 10.2 Å². The fourth-order valence-corrected chi connectivity index (χ4v) is 6.31. The molecule has 1 aromatic rings. The van der Waals surface area contributed by atoms with E-state index in [2.05, 4.69) is 26.8 Å². The first kappa shape index (κ1) is 24.1. The Morgan fingerprint density at radius 3 is 2.60 bits per heavy atom. The van der Waals surface area contributed by atoms with Crippen molar-refractivity contribution in [1.29, 1.82) is 0 Å². The molecule has 1 aliphatic carbocycles. The van der Waals surface area contributed by atoms with Gasteiger partial charge in [-0.2, -0.15) is 11.8 Å². The molecule has 1 saturated carbocycles. The number of benzene rings is 1. The predicted molar refractivity (Wildman–Crippen MR) is 124 cm³/mol. The van der Waals surface area contributed by atoms with E-state index < -0.39 is 23.4 Å². The first-order chi connectivity index (χ1) is 14.2. The first-order valence-corrected chi connectivity index (χ1v) is 12.3. The Hall–Kier alpha value is -0.560. The van der Waals surface area contributed by atoms with Crippen LogP contribution >= 0.6 is 23.4 Å². The third-order valence-electron chi connectivity index (χ3n) is 6.87. The molecule has 0 bridgehead atoms. The zero-order valence-corrected chi connectivity index (χ0v) is 20.2. The van der Waals surface area contributed by atoms with Crippen LogP contribution in [0.2, 0.25) is 5.02 Å². The molecule has 1 aliphatic heterocycles. The number of halogens is 1. The van der Waals surface area contributed by atoms with Crippen LogP contribution in [0.25, 0.3) is 0 Å². The van der Waals surface area contributed by atoms with Crippen molar-refractivity contribution < 1.29 is 19.7 Å². The van der Waals surface area contributed by atoms with Crippen molar-refractivity contribution in [2.45, 2.75) is 81.2 Å². The summed E-state index contributed by atoms with van der Waals surface area (Å²) in [6.45, 7) is 6.22. The second kappa shape index (κ2) is 9.51. The number of aliphatic hydroxyl groups is 2. The van der Waals surface area contributed by atoms with E-state index in [1.807, 2.05) is 30.5 Å². The number of methoxy groups -OCH3 is 1. The van der Waals surface area contributed by atoms with Crippen LogP contribution in [-0.4, -0.2) is 58.3 Å². The summed E-state index contributed by atoms with van der Waals surface area (Å²) in [6, 6.07) is 7.81. The van der Waals surface area contributed by atoms with Crippen LogP contribution in [0.3, 0.4) is 0 Å². The molecule has 4 nitrogen and oxygen atoms in total. The molecule has 0 radical (unpaired) electrons. The normalized spacial score (nSPS) is 36.9. The lowest BCUT2D eigenvalue weighted by molar-refractivity contribution is -0.178. The third kappa shape index (κ3) is 4.77. The second-order valence-electron chi connectivity index (χ2n) is 9.14. The molecule has 0 amide bonds. The predicted octanol–water partition coefficient (Wildman–Crippen LogP) is 4.64. The van der Waals surface area contributed by atoms with Crippen molar-refractivity contribution in [1.82, 2.24) is 0 Å². The molecule has 1 saturated heterocycles. The zero-order chi connectivity index (χ0) is 22.1. The smallest absolute Gasteiger partial charge is 0.100 e. The summed E-state index contributed by atoms with van der Waals surface area (Å²) in [4.78, 5) is 0. The van der Waals surface area contributed by atoms with E-state index in [4.69, 9.17) is 21.1 Å². The van der Waals surface area contributed by atoms with Gasteiger partial charge in [-0.3, -0.25) is 0 Å². The van der Waals surface area contributed by atoms with Gasteiger partial charge in [-0.05, 0) is 70.4 Å². The highest BCUT2D eigenvalue weighted by Gasteiger charge is 2.68. The Labute approximate surface area is 190 Å². The lowest BCUT2D eigenvalue weighted by Crippen LogP contribution is -2.63. The van der Waals surface area contributed by atoms with Crippen molar-refractivity contribution in [2.75, 3.05) is 13.4 Å². The number of rotatable bonds is 8. The summed E-state index contributed by atoms with van der Waals surface area (Å²) in [5.41, 5.74) is 0.832. The van der Waals surface area contributed by atoms with E-state index in [1.54, 1.807) is 18.9 Å². The Bertz CT molecular complexity index is 750. The van der Waals surface area contributed by atoms with E-state index in [1.165, 1.54) is 5.57 Å². The van der Waals surface area contributed by atoms with Crippen molar-refractivity contribution in [2.24, 2.45) is 5.92 Å². The third-order valence-corrected chi connectivity index (χ3v) is 8.27. The minimum atomic E-state index is -1.02. The van der Waals surface area contributed by atoms with Gasteiger partial charge >= 0.3 is 0 Å². The van der Waals surface area contributed by atoms with E-state index in [0.717, 1.165) is 12.0 Å². The number of hydrogen-bond donors (Lipinski definition) is 2. The second-order valence-corrected chi connectivity index (χ2v) is 10.6. The van der Waals surface area contributed by atoms with Gasteiger partial charge in [0, 0.05) is 23.3 Å². The highest BCUT2D eigenvalue weighted by Crippen LogP contribution is 2.56. The maximum atomic E-state index is 12.2. The monoisotopic (exact) mass is 454 g/mol. The Balaban J connectivity index is 1.92. The molecule has 7 atom stereocenters. The van der Waals surface area contributed by atoms with Crippen molar-refractivity contribution in [3.63, 3.8) is 0 Å². The molecule has 7 unspecified atom stereocenters. The lowest BCUT2D eigenvalue weighted by atomic mass is 9.63. The van der Waals surface area contributed by atoms with Gasteiger partial charge in [0.05, 0.1) is 23.9 Å². The average molecular weight is 455 g/mol. The summed E-state index contributed by atoms with van der Waals surface area (Å²) < 4.78 is 12.0. The van der Waals surface area contributed by atoms with Gasteiger partial charge in [0.2, 0.25) is 0 Å². The average Bonchev–Trinajstić information content (AvgIpc) is 3.37. The highest BCUT2D eigenvalue weighted by molar-refractivity contribution is 7.99. The van der Waals surface area contributed by atoms with Crippen molar-refractivity contribution in [3.05, 3.63) is 46.5 Å². The van der Waals surface area contributed by atoms with Crippen LogP contribution < -0.4 is 0 Å². The number of aliphatic hydroxyl groups excluding tert-OH is 1. The molecular weight excluding hydrogens is 420 g/mol. The molecule has 0 spiro atoms. The van der Waals surface area contributed by atoms with Crippen LogP contribution in [0, 0.1) is 5.92 Å².